The van der Waals surface area contributed by atoms with Gasteiger partial charge in [0.1, 0.15) is 0 Å². The number of hydrogen-bond acceptors (Lipinski definition) is 4. The van der Waals surface area contributed by atoms with Crippen LogP contribution in [0.2, 0.25) is 0 Å². The minimum absolute atomic E-state index is 0.321. The molecule has 0 saturated heterocycles. The topological polar surface area (TPSA) is 49.0 Å². The number of benzene rings is 1. The lowest BCUT2D eigenvalue weighted by molar-refractivity contribution is -0.904. The zero-order valence-corrected chi connectivity index (χ0v) is 12.4. The SMILES string of the molecule is O[n+]1ccc(-c2csc(Nc3cccc(C(F)(F)F)c3)n2)cc1. The summed E-state index contributed by atoms with van der Waals surface area (Å²) in [6, 6.07) is 8.32. The molecule has 0 amide bonds. The lowest BCUT2D eigenvalue weighted by Crippen LogP contribution is -2.27. The van der Waals surface area contributed by atoms with Crippen LogP contribution in [0, 0.1) is 0 Å². The Kier molecular flexibility index (Phi) is 3.91. The fourth-order valence-corrected chi connectivity index (χ4v) is 2.69. The van der Waals surface area contributed by atoms with Crippen molar-refractivity contribution in [3.63, 3.8) is 0 Å². The summed E-state index contributed by atoms with van der Waals surface area (Å²) in [5.74, 6) is 0. The van der Waals surface area contributed by atoms with Gasteiger partial charge in [0, 0.05) is 33.5 Å². The van der Waals surface area contributed by atoms with Crippen LogP contribution in [0.3, 0.4) is 0 Å². The van der Waals surface area contributed by atoms with Gasteiger partial charge in [-0.3, -0.25) is 5.21 Å². The number of rotatable bonds is 3. The Labute approximate surface area is 133 Å². The predicted molar refractivity (Wildman–Crippen MR) is 79.7 cm³/mol. The summed E-state index contributed by atoms with van der Waals surface area (Å²) in [6.07, 6.45) is -1.45. The van der Waals surface area contributed by atoms with E-state index in [0.29, 0.717) is 16.5 Å². The number of pyridine rings is 1. The molecule has 3 aromatic rings. The van der Waals surface area contributed by atoms with Crippen LogP contribution in [0.4, 0.5) is 24.0 Å². The standard InChI is InChI=1S/C15H11F3N3OS/c16-15(17,18)11-2-1-3-12(8-11)19-14-20-13(9-23-14)10-4-6-21(22)7-5-10/h1-9,22H,(H,19,20)/q+1. The van der Waals surface area contributed by atoms with E-state index in [0.717, 1.165) is 22.4 Å². The van der Waals surface area contributed by atoms with Crippen LogP contribution in [0.15, 0.2) is 54.2 Å². The van der Waals surface area contributed by atoms with Crippen LogP contribution < -0.4 is 10.0 Å². The van der Waals surface area contributed by atoms with Crippen molar-refractivity contribution >= 4 is 22.2 Å². The van der Waals surface area contributed by atoms with Crippen molar-refractivity contribution in [3.05, 3.63) is 59.7 Å². The Morgan fingerprint density at radius 2 is 1.87 bits per heavy atom. The first kappa shape index (κ1) is 15.3. The van der Waals surface area contributed by atoms with Crippen molar-refractivity contribution in [1.29, 1.82) is 0 Å². The fraction of sp³-hybridized carbons (Fsp3) is 0.0667. The minimum atomic E-state index is -4.38. The Hall–Kier alpha value is -2.61. The van der Waals surface area contributed by atoms with Gasteiger partial charge in [0.25, 0.3) is 0 Å². The van der Waals surface area contributed by atoms with Crippen molar-refractivity contribution in [1.82, 2.24) is 4.98 Å². The van der Waals surface area contributed by atoms with Gasteiger partial charge in [-0.1, -0.05) is 6.07 Å². The summed E-state index contributed by atoms with van der Waals surface area (Å²) in [6.45, 7) is 0. The van der Waals surface area contributed by atoms with Gasteiger partial charge >= 0.3 is 6.18 Å². The van der Waals surface area contributed by atoms with E-state index in [2.05, 4.69) is 10.3 Å². The number of hydrogen-bond donors (Lipinski definition) is 2. The van der Waals surface area contributed by atoms with E-state index in [9.17, 15) is 18.4 Å². The van der Waals surface area contributed by atoms with Gasteiger partial charge in [-0.2, -0.15) is 13.2 Å². The first-order chi connectivity index (χ1) is 10.9. The van der Waals surface area contributed by atoms with Crippen molar-refractivity contribution < 1.29 is 23.1 Å². The van der Waals surface area contributed by atoms with Gasteiger partial charge in [0.2, 0.25) is 12.4 Å². The van der Waals surface area contributed by atoms with Gasteiger partial charge in [-0.15, -0.1) is 11.3 Å². The molecule has 1 aromatic carbocycles. The largest absolute Gasteiger partial charge is 0.416 e. The van der Waals surface area contributed by atoms with Crippen molar-refractivity contribution in [2.75, 3.05) is 5.32 Å². The number of nitrogens with one attached hydrogen (secondary N) is 1. The van der Waals surface area contributed by atoms with Gasteiger partial charge in [0.05, 0.1) is 11.3 Å². The smallest absolute Gasteiger partial charge is 0.332 e. The van der Waals surface area contributed by atoms with Crippen molar-refractivity contribution in [3.8, 4) is 11.3 Å². The van der Waals surface area contributed by atoms with E-state index in [1.165, 1.54) is 29.8 Å². The average Bonchev–Trinajstić information content (AvgIpc) is 2.96. The maximum atomic E-state index is 12.7. The Morgan fingerprint density at radius 1 is 1.13 bits per heavy atom. The van der Waals surface area contributed by atoms with E-state index in [1.54, 1.807) is 23.6 Å². The summed E-state index contributed by atoms with van der Waals surface area (Å²) in [5.41, 5.74) is 1.07. The number of aromatic nitrogens is 2. The summed E-state index contributed by atoms with van der Waals surface area (Å²) in [4.78, 5) is 4.33. The highest BCUT2D eigenvalue weighted by Crippen LogP contribution is 2.32. The van der Waals surface area contributed by atoms with Gasteiger partial charge in [-0.25, -0.2) is 4.98 Å². The Balaban J connectivity index is 1.81. The summed E-state index contributed by atoms with van der Waals surface area (Å²) in [7, 11) is 0. The number of alkyl halides is 3. The van der Waals surface area contributed by atoms with Crippen LogP contribution in [0.1, 0.15) is 5.56 Å². The van der Waals surface area contributed by atoms with E-state index in [1.807, 2.05) is 0 Å². The van der Waals surface area contributed by atoms with E-state index < -0.39 is 11.7 Å². The normalized spacial score (nSPS) is 11.4. The molecular formula is C15H11F3N3OS+. The third kappa shape index (κ3) is 3.59. The van der Waals surface area contributed by atoms with Crippen LogP contribution in [0.25, 0.3) is 11.3 Å². The molecule has 118 valence electrons. The third-order valence-corrected chi connectivity index (χ3v) is 3.81. The quantitative estimate of drug-likeness (QED) is 0.558. The molecule has 2 aromatic heterocycles. The molecule has 8 heteroatoms. The molecule has 3 rings (SSSR count). The molecule has 0 aliphatic carbocycles. The summed E-state index contributed by atoms with van der Waals surface area (Å²) in [5, 5.41) is 14.3. The van der Waals surface area contributed by atoms with Crippen LogP contribution in [-0.4, -0.2) is 10.2 Å². The fourth-order valence-electron chi connectivity index (χ4n) is 1.95. The van der Waals surface area contributed by atoms with Gasteiger partial charge in [-0.05, 0) is 18.2 Å². The van der Waals surface area contributed by atoms with Gasteiger partial charge in [0.15, 0.2) is 5.13 Å². The number of anilines is 2. The molecule has 0 aliphatic heterocycles. The molecule has 0 unspecified atom stereocenters. The molecule has 0 bridgehead atoms. The van der Waals surface area contributed by atoms with Crippen LogP contribution >= 0.6 is 11.3 Å². The minimum Gasteiger partial charge on any atom is -0.332 e. The maximum Gasteiger partial charge on any atom is 0.416 e. The molecular weight excluding hydrogens is 327 g/mol. The molecule has 2 heterocycles. The lowest BCUT2D eigenvalue weighted by atomic mass is 10.2. The predicted octanol–water partition coefficient (Wildman–Crippen LogP) is 4.10. The molecule has 23 heavy (non-hydrogen) atoms. The summed E-state index contributed by atoms with van der Waals surface area (Å²) >= 11 is 1.28. The first-order valence-electron chi connectivity index (χ1n) is 6.52. The molecule has 4 nitrogen and oxygen atoms in total. The van der Waals surface area contributed by atoms with Crippen molar-refractivity contribution in [2.24, 2.45) is 0 Å². The second-order valence-electron chi connectivity index (χ2n) is 4.71. The maximum absolute atomic E-state index is 12.7. The molecule has 0 radical (unpaired) electrons. The number of nitrogens with zero attached hydrogens (tertiary/aromatic N) is 2. The second-order valence-corrected chi connectivity index (χ2v) is 5.57. The average molecular weight is 338 g/mol. The summed E-state index contributed by atoms with van der Waals surface area (Å²) < 4.78 is 39.0. The van der Waals surface area contributed by atoms with Crippen LogP contribution in [0.5, 0.6) is 0 Å². The highest BCUT2D eigenvalue weighted by Gasteiger charge is 2.30. The third-order valence-electron chi connectivity index (χ3n) is 3.05. The van der Waals surface area contributed by atoms with Gasteiger partial charge < -0.3 is 5.32 Å². The lowest BCUT2D eigenvalue weighted by Gasteiger charge is -2.08. The molecule has 0 fully saturated rings. The molecule has 0 spiro atoms. The highest BCUT2D eigenvalue weighted by atomic mass is 32.1. The number of thiazole rings is 1. The van der Waals surface area contributed by atoms with E-state index in [-0.39, 0.29) is 0 Å². The Bertz CT molecular complexity index is 815. The monoisotopic (exact) mass is 338 g/mol. The molecule has 0 saturated carbocycles. The Morgan fingerprint density at radius 3 is 2.57 bits per heavy atom. The van der Waals surface area contributed by atoms with Crippen LogP contribution in [-0.2, 0) is 6.18 Å². The van der Waals surface area contributed by atoms with E-state index >= 15 is 0 Å². The molecule has 0 atom stereocenters. The highest BCUT2D eigenvalue weighted by molar-refractivity contribution is 7.14. The second kappa shape index (κ2) is 5.88. The first-order valence-corrected chi connectivity index (χ1v) is 7.40. The number of halogens is 3. The molecule has 0 aliphatic rings. The molecule has 2 N–H and O–H groups in total. The zero-order chi connectivity index (χ0) is 16.4. The van der Waals surface area contributed by atoms with Crippen molar-refractivity contribution in [2.45, 2.75) is 6.18 Å². The van der Waals surface area contributed by atoms with E-state index in [4.69, 9.17) is 0 Å². The zero-order valence-electron chi connectivity index (χ0n) is 11.6.